The van der Waals surface area contributed by atoms with Crippen LogP contribution in [0.5, 0.6) is 5.88 Å². The van der Waals surface area contributed by atoms with Gasteiger partial charge < -0.3 is 14.3 Å². The third kappa shape index (κ3) is 3.52. The van der Waals surface area contributed by atoms with Crippen LogP contribution in [0.15, 0.2) is 51.8 Å². The molecule has 25 heavy (non-hydrogen) atoms. The maximum Gasteiger partial charge on any atom is 0.335 e. The predicted octanol–water partition coefficient (Wildman–Crippen LogP) is 3.73. The van der Waals surface area contributed by atoms with Crippen molar-refractivity contribution < 1.29 is 19.1 Å². The van der Waals surface area contributed by atoms with Gasteiger partial charge >= 0.3 is 5.97 Å². The molecule has 0 aliphatic carbocycles. The first-order valence-electron chi connectivity index (χ1n) is 7.99. The molecule has 0 saturated carbocycles. The van der Waals surface area contributed by atoms with Crippen LogP contribution in [0.25, 0.3) is 22.3 Å². The van der Waals surface area contributed by atoms with Crippen LogP contribution in [0.4, 0.5) is 0 Å². The third-order valence-electron chi connectivity index (χ3n) is 3.75. The Morgan fingerprint density at radius 2 is 2.12 bits per heavy atom. The van der Waals surface area contributed by atoms with Crippen molar-refractivity contribution in [3.05, 3.63) is 58.4 Å². The normalized spacial score (nSPS) is 10.8. The van der Waals surface area contributed by atoms with E-state index in [1.165, 1.54) is 24.3 Å². The highest BCUT2D eigenvalue weighted by molar-refractivity contribution is 5.92. The molecule has 6 heteroatoms. The van der Waals surface area contributed by atoms with Gasteiger partial charge in [0.15, 0.2) is 5.43 Å². The number of aromatic nitrogens is 1. The summed E-state index contributed by atoms with van der Waals surface area (Å²) < 4.78 is 11.5. The van der Waals surface area contributed by atoms with Gasteiger partial charge in [-0.3, -0.25) is 4.79 Å². The summed E-state index contributed by atoms with van der Waals surface area (Å²) in [5, 5.41) is 9.44. The van der Waals surface area contributed by atoms with Gasteiger partial charge in [0.25, 0.3) is 0 Å². The van der Waals surface area contributed by atoms with E-state index in [1.807, 2.05) is 0 Å². The van der Waals surface area contributed by atoms with Crippen LogP contribution in [-0.4, -0.2) is 22.7 Å². The molecule has 0 aliphatic rings. The molecule has 0 atom stereocenters. The van der Waals surface area contributed by atoms with Crippen molar-refractivity contribution in [1.82, 2.24) is 4.98 Å². The van der Waals surface area contributed by atoms with Crippen LogP contribution in [0.1, 0.15) is 30.1 Å². The minimum absolute atomic E-state index is 0.0541. The number of rotatable bonds is 6. The van der Waals surface area contributed by atoms with Crippen LogP contribution in [-0.2, 0) is 0 Å². The Hall–Kier alpha value is -3.15. The molecular weight excluding hydrogens is 322 g/mol. The Balaban J connectivity index is 2.10. The smallest absolute Gasteiger partial charge is 0.335 e. The Morgan fingerprint density at radius 1 is 1.28 bits per heavy atom. The summed E-state index contributed by atoms with van der Waals surface area (Å²) in [5.74, 6) is -0.410. The summed E-state index contributed by atoms with van der Waals surface area (Å²) in [4.78, 5) is 27.7. The first kappa shape index (κ1) is 16.7. The molecule has 3 aromatic rings. The van der Waals surface area contributed by atoms with Gasteiger partial charge in [-0.1, -0.05) is 13.3 Å². The number of carboxylic acids is 1. The number of carboxylic acid groups (broad SMARTS) is 1. The second-order valence-corrected chi connectivity index (χ2v) is 5.55. The first-order valence-corrected chi connectivity index (χ1v) is 7.99. The molecule has 0 aliphatic heterocycles. The van der Waals surface area contributed by atoms with Gasteiger partial charge in [-0.05, 0) is 36.8 Å². The SMILES string of the molecule is CCCCOc1ncccc1-c1cc(=O)c2ccc(C(=O)O)cc2o1. The summed E-state index contributed by atoms with van der Waals surface area (Å²) in [6.45, 7) is 2.58. The number of aromatic carboxylic acids is 1. The number of unbranched alkanes of at least 4 members (excludes halogenated alkanes) is 1. The van der Waals surface area contributed by atoms with Crippen molar-refractivity contribution in [3.63, 3.8) is 0 Å². The fourth-order valence-corrected chi connectivity index (χ4v) is 2.43. The van der Waals surface area contributed by atoms with E-state index in [2.05, 4.69) is 11.9 Å². The number of fused-ring (bicyclic) bond motifs is 1. The fourth-order valence-electron chi connectivity index (χ4n) is 2.43. The molecule has 2 aromatic heterocycles. The molecule has 0 saturated heterocycles. The summed E-state index contributed by atoms with van der Waals surface area (Å²) in [6.07, 6.45) is 3.48. The van der Waals surface area contributed by atoms with Gasteiger partial charge in [-0.2, -0.15) is 0 Å². The second kappa shape index (κ2) is 7.17. The van der Waals surface area contributed by atoms with E-state index in [4.69, 9.17) is 14.3 Å². The van der Waals surface area contributed by atoms with Crippen molar-refractivity contribution in [3.8, 4) is 17.2 Å². The Morgan fingerprint density at radius 3 is 2.88 bits per heavy atom. The predicted molar refractivity (Wildman–Crippen MR) is 93.1 cm³/mol. The Labute approximate surface area is 143 Å². The summed E-state index contributed by atoms with van der Waals surface area (Å²) in [5.41, 5.74) is 0.569. The number of hydrogen-bond acceptors (Lipinski definition) is 5. The van der Waals surface area contributed by atoms with Gasteiger partial charge in [-0.15, -0.1) is 0 Å². The number of benzene rings is 1. The van der Waals surface area contributed by atoms with E-state index < -0.39 is 5.97 Å². The van der Waals surface area contributed by atoms with E-state index in [-0.39, 0.29) is 16.6 Å². The number of nitrogens with zero attached hydrogens (tertiary/aromatic N) is 1. The standard InChI is InChI=1S/C19H17NO5/c1-2-3-9-24-18-14(5-4-8-20-18)17-11-15(21)13-7-6-12(19(22)23)10-16(13)25-17/h4-8,10-11H,2-3,9H2,1H3,(H,22,23). The molecule has 0 unspecified atom stereocenters. The van der Waals surface area contributed by atoms with Gasteiger partial charge in [0, 0.05) is 12.3 Å². The third-order valence-corrected chi connectivity index (χ3v) is 3.75. The zero-order valence-corrected chi connectivity index (χ0v) is 13.7. The monoisotopic (exact) mass is 339 g/mol. The molecule has 0 radical (unpaired) electrons. The Bertz CT molecular complexity index is 977. The van der Waals surface area contributed by atoms with Gasteiger partial charge in [-0.25, -0.2) is 9.78 Å². The maximum atomic E-state index is 12.4. The molecule has 0 bridgehead atoms. The van der Waals surface area contributed by atoms with Crippen molar-refractivity contribution in [2.75, 3.05) is 6.61 Å². The zero-order chi connectivity index (χ0) is 17.8. The summed E-state index contributed by atoms with van der Waals surface area (Å²) in [7, 11) is 0. The molecular formula is C19H17NO5. The summed E-state index contributed by atoms with van der Waals surface area (Å²) in [6, 6.07) is 9.02. The Kier molecular flexibility index (Phi) is 4.79. The first-order chi connectivity index (χ1) is 12.1. The van der Waals surface area contributed by atoms with Gasteiger partial charge in [0.05, 0.1) is 23.1 Å². The topological polar surface area (TPSA) is 89.6 Å². The van der Waals surface area contributed by atoms with Crippen molar-refractivity contribution in [2.45, 2.75) is 19.8 Å². The quantitative estimate of drug-likeness (QED) is 0.688. The molecule has 0 spiro atoms. The fraction of sp³-hybridized carbons (Fsp3) is 0.211. The van der Waals surface area contributed by atoms with Crippen molar-refractivity contribution in [2.24, 2.45) is 0 Å². The van der Waals surface area contributed by atoms with E-state index >= 15 is 0 Å². The van der Waals surface area contributed by atoms with E-state index in [1.54, 1.807) is 18.3 Å². The van der Waals surface area contributed by atoms with Crippen molar-refractivity contribution in [1.29, 1.82) is 0 Å². The van der Waals surface area contributed by atoms with Crippen LogP contribution in [0.2, 0.25) is 0 Å². The maximum absolute atomic E-state index is 12.4. The number of ether oxygens (including phenoxy) is 1. The van der Waals surface area contributed by atoms with Crippen LogP contribution in [0, 0.1) is 0 Å². The molecule has 2 heterocycles. The van der Waals surface area contributed by atoms with Crippen LogP contribution < -0.4 is 10.2 Å². The lowest BCUT2D eigenvalue weighted by molar-refractivity contribution is 0.0697. The second-order valence-electron chi connectivity index (χ2n) is 5.55. The van der Waals surface area contributed by atoms with Crippen molar-refractivity contribution >= 4 is 16.9 Å². The average Bonchev–Trinajstić information content (AvgIpc) is 2.61. The van der Waals surface area contributed by atoms with E-state index in [0.717, 1.165) is 12.8 Å². The highest BCUT2D eigenvalue weighted by atomic mass is 16.5. The zero-order valence-electron chi connectivity index (χ0n) is 13.7. The molecule has 0 fully saturated rings. The highest BCUT2D eigenvalue weighted by Gasteiger charge is 2.14. The molecule has 1 N–H and O–H groups in total. The van der Waals surface area contributed by atoms with Crippen LogP contribution in [0.3, 0.4) is 0 Å². The molecule has 0 amide bonds. The molecule has 1 aromatic carbocycles. The molecule has 128 valence electrons. The van der Waals surface area contributed by atoms with Gasteiger partial charge in [0.1, 0.15) is 11.3 Å². The largest absolute Gasteiger partial charge is 0.478 e. The lowest BCUT2D eigenvalue weighted by atomic mass is 10.1. The minimum atomic E-state index is -1.08. The lowest BCUT2D eigenvalue weighted by Crippen LogP contribution is -2.04. The van der Waals surface area contributed by atoms with Crippen LogP contribution >= 0.6 is 0 Å². The number of hydrogen-bond donors (Lipinski definition) is 1. The summed E-state index contributed by atoms with van der Waals surface area (Å²) >= 11 is 0. The van der Waals surface area contributed by atoms with E-state index in [0.29, 0.717) is 29.2 Å². The molecule has 6 nitrogen and oxygen atoms in total. The molecule has 3 rings (SSSR count). The lowest BCUT2D eigenvalue weighted by Gasteiger charge is -2.10. The minimum Gasteiger partial charge on any atom is -0.478 e. The highest BCUT2D eigenvalue weighted by Crippen LogP contribution is 2.29. The van der Waals surface area contributed by atoms with E-state index in [9.17, 15) is 9.59 Å². The van der Waals surface area contributed by atoms with Gasteiger partial charge in [0.2, 0.25) is 5.88 Å². The number of pyridine rings is 1. The number of carbonyl (C=O) groups is 1. The average molecular weight is 339 g/mol.